The van der Waals surface area contributed by atoms with Crippen molar-refractivity contribution >= 4 is 11.1 Å². The molecule has 0 unspecified atom stereocenters. The smallest absolute Gasteiger partial charge is 0.227 e. The maximum atomic E-state index is 6.17. The molecule has 0 spiro atoms. The third-order valence-electron chi connectivity index (χ3n) is 8.96. The number of aromatic nitrogens is 4. The Morgan fingerprint density at radius 2 is 0.686 bits per heavy atom. The van der Waals surface area contributed by atoms with Gasteiger partial charge in [-0.15, -0.1) is 0 Å². The molecule has 9 rings (SSSR count). The van der Waals surface area contributed by atoms with Gasteiger partial charge in [-0.05, 0) is 64.2 Å². The lowest BCUT2D eigenvalue weighted by molar-refractivity contribution is 0.620. The van der Waals surface area contributed by atoms with E-state index in [4.69, 9.17) is 24.4 Å². The monoisotopic (exact) mass is 654 g/mol. The Labute approximate surface area is 295 Å². The fraction of sp³-hybridized carbons (Fsp3) is 0. The molecule has 51 heavy (non-hydrogen) atoms. The minimum Gasteiger partial charge on any atom is -0.436 e. The summed E-state index contributed by atoms with van der Waals surface area (Å²) in [6.45, 7) is 0. The minimum absolute atomic E-state index is 0.619. The zero-order valence-electron chi connectivity index (χ0n) is 27.5. The van der Waals surface area contributed by atoms with Crippen molar-refractivity contribution in [2.75, 3.05) is 0 Å². The second-order valence-electron chi connectivity index (χ2n) is 12.3. The Hall–Kier alpha value is -6.98. The van der Waals surface area contributed by atoms with Gasteiger partial charge in [0.2, 0.25) is 5.89 Å². The van der Waals surface area contributed by atoms with Crippen LogP contribution in [0.4, 0.5) is 0 Å². The molecule has 0 atom stereocenters. The number of nitrogens with zero attached hydrogens (tertiary/aromatic N) is 4. The molecule has 0 saturated carbocycles. The number of rotatable bonds is 7. The average molecular weight is 655 g/mol. The van der Waals surface area contributed by atoms with Gasteiger partial charge in [0.05, 0.1) is 0 Å². The second kappa shape index (κ2) is 13.1. The number of para-hydroxylation sites is 1. The maximum absolute atomic E-state index is 6.17. The number of hydrogen-bond donors (Lipinski definition) is 0. The summed E-state index contributed by atoms with van der Waals surface area (Å²) in [5.74, 6) is 2.54. The SMILES string of the molecule is c1ccc(-c2nc(-c3ccccc3)nc(-c3cccc(-c4cccc(-c5cccc(-c6cccc7oc(-c8ccccc8)nc67)c5)c4)c3)n2)cc1. The van der Waals surface area contributed by atoms with E-state index in [1.165, 1.54) is 0 Å². The molecule has 5 nitrogen and oxygen atoms in total. The molecule has 0 aliphatic heterocycles. The first-order valence-corrected chi connectivity index (χ1v) is 16.9. The molecule has 9 aromatic rings. The predicted molar refractivity (Wildman–Crippen MR) is 205 cm³/mol. The van der Waals surface area contributed by atoms with Crippen molar-refractivity contribution in [3.8, 4) is 79.0 Å². The van der Waals surface area contributed by atoms with Gasteiger partial charge in [-0.2, -0.15) is 0 Å². The van der Waals surface area contributed by atoms with E-state index >= 15 is 0 Å². The van der Waals surface area contributed by atoms with Crippen LogP contribution in [-0.4, -0.2) is 19.9 Å². The fourth-order valence-corrected chi connectivity index (χ4v) is 6.41. The Morgan fingerprint density at radius 3 is 1.24 bits per heavy atom. The van der Waals surface area contributed by atoms with E-state index in [0.717, 1.165) is 66.7 Å². The molecule has 2 heterocycles. The Bertz CT molecular complexity index is 2580. The van der Waals surface area contributed by atoms with Gasteiger partial charge in [0.1, 0.15) is 5.52 Å². The summed E-state index contributed by atoms with van der Waals surface area (Å²) in [6, 6.07) is 61.9. The van der Waals surface area contributed by atoms with E-state index in [1.807, 2.05) is 103 Å². The van der Waals surface area contributed by atoms with Crippen molar-refractivity contribution in [2.45, 2.75) is 0 Å². The highest BCUT2D eigenvalue weighted by atomic mass is 16.3. The van der Waals surface area contributed by atoms with Crippen LogP contribution in [0.3, 0.4) is 0 Å². The van der Waals surface area contributed by atoms with Gasteiger partial charge < -0.3 is 4.42 Å². The molecule has 2 aromatic heterocycles. The van der Waals surface area contributed by atoms with E-state index in [9.17, 15) is 0 Å². The van der Waals surface area contributed by atoms with Crippen LogP contribution in [0.15, 0.2) is 186 Å². The van der Waals surface area contributed by atoms with Gasteiger partial charge in [0, 0.05) is 27.8 Å². The molecule has 5 heteroatoms. The molecule has 0 aliphatic rings. The topological polar surface area (TPSA) is 64.7 Å². The van der Waals surface area contributed by atoms with Crippen molar-refractivity contribution < 1.29 is 4.42 Å². The number of hydrogen-bond acceptors (Lipinski definition) is 5. The molecule has 0 aliphatic carbocycles. The molecule has 240 valence electrons. The summed E-state index contributed by atoms with van der Waals surface area (Å²) in [7, 11) is 0. The van der Waals surface area contributed by atoms with E-state index < -0.39 is 0 Å². The number of fused-ring (bicyclic) bond motifs is 1. The van der Waals surface area contributed by atoms with E-state index in [2.05, 4.69) is 78.9 Å². The molecule has 0 radical (unpaired) electrons. The van der Waals surface area contributed by atoms with E-state index in [0.29, 0.717) is 23.4 Å². The molecule has 0 saturated heterocycles. The third-order valence-corrected chi connectivity index (χ3v) is 8.96. The molecular formula is C46H30N4O. The van der Waals surface area contributed by atoms with Crippen LogP contribution >= 0.6 is 0 Å². The van der Waals surface area contributed by atoms with Crippen molar-refractivity contribution in [3.63, 3.8) is 0 Å². The molecule has 7 aromatic carbocycles. The lowest BCUT2D eigenvalue weighted by atomic mass is 9.95. The van der Waals surface area contributed by atoms with Crippen molar-refractivity contribution in [2.24, 2.45) is 0 Å². The lowest BCUT2D eigenvalue weighted by Gasteiger charge is -2.11. The van der Waals surface area contributed by atoms with Crippen molar-refractivity contribution in [1.29, 1.82) is 0 Å². The van der Waals surface area contributed by atoms with Crippen LogP contribution in [0.2, 0.25) is 0 Å². The van der Waals surface area contributed by atoms with Crippen LogP contribution in [0, 0.1) is 0 Å². The lowest BCUT2D eigenvalue weighted by Crippen LogP contribution is -2.00. The second-order valence-corrected chi connectivity index (χ2v) is 12.3. The predicted octanol–water partition coefficient (Wildman–Crippen LogP) is 11.7. The largest absolute Gasteiger partial charge is 0.436 e. The zero-order chi connectivity index (χ0) is 34.0. The van der Waals surface area contributed by atoms with Gasteiger partial charge in [-0.3, -0.25) is 0 Å². The van der Waals surface area contributed by atoms with Crippen LogP contribution in [0.25, 0.3) is 90.1 Å². The summed E-state index contributed by atoms with van der Waals surface area (Å²) < 4.78 is 6.17. The fourth-order valence-electron chi connectivity index (χ4n) is 6.41. The van der Waals surface area contributed by atoms with Crippen LogP contribution in [-0.2, 0) is 0 Å². The molecular weight excluding hydrogens is 625 g/mol. The quantitative estimate of drug-likeness (QED) is 0.171. The molecule has 0 bridgehead atoms. The van der Waals surface area contributed by atoms with Crippen molar-refractivity contribution in [3.05, 3.63) is 182 Å². The highest BCUT2D eigenvalue weighted by Gasteiger charge is 2.15. The Kier molecular flexibility index (Phi) is 7.76. The van der Waals surface area contributed by atoms with Crippen LogP contribution in [0.5, 0.6) is 0 Å². The Morgan fingerprint density at radius 1 is 0.294 bits per heavy atom. The van der Waals surface area contributed by atoms with Crippen LogP contribution < -0.4 is 0 Å². The first-order chi connectivity index (χ1) is 25.2. The first-order valence-electron chi connectivity index (χ1n) is 16.9. The van der Waals surface area contributed by atoms with Gasteiger partial charge in [-0.1, -0.05) is 146 Å². The standard InChI is InChI=1S/C46H30N4O/c1-4-14-31(15-5-1)43-48-44(32-16-6-2-7-17-32)50-45(49-43)39-25-12-23-37(30-39)35-21-10-20-34(28-35)36-22-11-24-38(29-36)40-26-13-27-41-42(40)47-46(51-41)33-18-8-3-9-19-33/h1-30H. The third kappa shape index (κ3) is 6.09. The van der Waals surface area contributed by atoms with Crippen molar-refractivity contribution in [1.82, 2.24) is 19.9 Å². The molecule has 0 N–H and O–H groups in total. The summed E-state index contributed by atoms with van der Waals surface area (Å²) in [5, 5.41) is 0. The maximum Gasteiger partial charge on any atom is 0.227 e. The molecule has 0 fully saturated rings. The summed E-state index contributed by atoms with van der Waals surface area (Å²) in [5.41, 5.74) is 11.9. The highest BCUT2D eigenvalue weighted by molar-refractivity contribution is 5.93. The summed E-state index contributed by atoms with van der Waals surface area (Å²) in [4.78, 5) is 19.7. The zero-order valence-corrected chi connectivity index (χ0v) is 27.5. The Balaban J connectivity index is 1.07. The normalized spacial score (nSPS) is 11.1. The number of oxazole rings is 1. The minimum atomic E-state index is 0.619. The van der Waals surface area contributed by atoms with Gasteiger partial charge >= 0.3 is 0 Å². The molecule has 0 amide bonds. The van der Waals surface area contributed by atoms with Gasteiger partial charge in [0.15, 0.2) is 23.1 Å². The average Bonchev–Trinajstić information content (AvgIpc) is 3.67. The highest BCUT2D eigenvalue weighted by Crippen LogP contribution is 2.35. The van der Waals surface area contributed by atoms with Crippen LogP contribution in [0.1, 0.15) is 0 Å². The number of benzene rings is 7. The summed E-state index contributed by atoms with van der Waals surface area (Å²) in [6.07, 6.45) is 0. The van der Waals surface area contributed by atoms with E-state index in [1.54, 1.807) is 0 Å². The first kappa shape index (κ1) is 30.1. The van der Waals surface area contributed by atoms with E-state index in [-0.39, 0.29) is 0 Å². The van der Waals surface area contributed by atoms with Gasteiger partial charge in [-0.25, -0.2) is 19.9 Å². The van der Waals surface area contributed by atoms with Gasteiger partial charge in [0.25, 0.3) is 0 Å². The summed E-state index contributed by atoms with van der Waals surface area (Å²) >= 11 is 0.